The number of likely N-dealkylation sites (tertiary alicyclic amines) is 1. The third-order valence-corrected chi connectivity index (χ3v) is 6.69. The number of carbonyl (C=O) groups excluding carboxylic acids is 2. The number of amides is 1. The van der Waals surface area contributed by atoms with Crippen molar-refractivity contribution in [1.29, 1.82) is 0 Å². The molecule has 3 heteroatoms. The third-order valence-electron chi connectivity index (χ3n) is 6.69. The molecule has 150 valence electrons. The van der Waals surface area contributed by atoms with Gasteiger partial charge in [-0.25, -0.2) is 0 Å². The van der Waals surface area contributed by atoms with E-state index in [1.807, 2.05) is 29.2 Å². The number of ketones is 1. The summed E-state index contributed by atoms with van der Waals surface area (Å²) in [5.74, 6) is 0.571. The number of fused-ring (bicyclic) bond motifs is 1. The van der Waals surface area contributed by atoms with Crippen molar-refractivity contribution in [2.24, 2.45) is 5.92 Å². The number of aryl methyl sites for hydroxylation is 1. The Morgan fingerprint density at radius 3 is 2.55 bits per heavy atom. The first-order chi connectivity index (χ1) is 14.1. The van der Waals surface area contributed by atoms with Gasteiger partial charge in [0.2, 0.25) is 5.91 Å². The number of carbonyl (C=O) groups is 2. The van der Waals surface area contributed by atoms with Crippen LogP contribution in [0.4, 0.5) is 0 Å². The zero-order valence-corrected chi connectivity index (χ0v) is 17.2. The van der Waals surface area contributed by atoms with Crippen LogP contribution in [0.15, 0.2) is 49.0 Å². The highest BCUT2D eigenvalue weighted by Gasteiger charge is 2.33. The number of piperidine rings is 1. The lowest BCUT2D eigenvalue weighted by Gasteiger charge is -2.34. The summed E-state index contributed by atoms with van der Waals surface area (Å²) in [5.41, 5.74) is 5.60. The molecule has 3 nitrogen and oxygen atoms in total. The zero-order valence-electron chi connectivity index (χ0n) is 17.2. The molecule has 4 rings (SSSR count). The lowest BCUT2D eigenvalue weighted by Crippen LogP contribution is -2.41. The molecule has 1 aliphatic carbocycles. The van der Waals surface area contributed by atoms with E-state index in [9.17, 15) is 9.59 Å². The van der Waals surface area contributed by atoms with Gasteiger partial charge in [0.05, 0.1) is 0 Å². The number of benzene rings is 2. The topological polar surface area (TPSA) is 37.4 Å². The van der Waals surface area contributed by atoms with E-state index in [1.165, 1.54) is 11.1 Å². The SMILES string of the molecule is C=Cc1cccc2c1CCC(C(=O)N1CCC(c3ccccc3C)CC1)CC2=O. The summed E-state index contributed by atoms with van der Waals surface area (Å²) in [5, 5.41) is 0. The highest BCUT2D eigenvalue weighted by atomic mass is 16.2. The molecule has 1 amide bonds. The minimum atomic E-state index is -0.206. The van der Waals surface area contributed by atoms with Crippen LogP contribution in [0.5, 0.6) is 0 Å². The smallest absolute Gasteiger partial charge is 0.226 e. The predicted octanol–water partition coefficient (Wildman–Crippen LogP) is 5.18. The Morgan fingerprint density at radius 2 is 1.83 bits per heavy atom. The number of hydrogen-bond acceptors (Lipinski definition) is 2. The maximum atomic E-state index is 13.2. The second-order valence-corrected chi connectivity index (χ2v) is 8.40. The average molecular weight is 388 g/mol. The number of rotatable bonds is 3. The van der Waals surface area contributed by atoms with Crippen LogP contribution in [-0.2, 0) is 11.2 Å². The van der Waals surface area contributed by atoms with Crippen LogP contribution in [0.1, 0.15) is 64.2 Å². The Hall–Kier alpha value is -2.68. The normalized spacial score (nSPS) is 20.1. The van der Waals surface area contributed by atoms with Gasteiger partial charge in [-0.1, -0.05) is 55.1 Å². The zero-order chi connectivity index (χ0) is 20.4. The van der Waals surface area contributed by atoms with Crippen LogP contribution < -0.4 is 0 Å². The number of nitrogens with zero attached hydrogens (tertiary/aromatic N) is 1. The Labute approximate surface area is 173 Å². The molecule has 0 bridgehead atoms. The minimum absolute atomic E-state index is 0.0920. The van der Waals surface area contributed by atoms with E-state index >= 15 is 0 Å². The molecule has 29 heavy (non-hydrogen) atoms. The Kier molecular flexibility index (Phi) is 5.66. The second-order valence-electron chi connectivity index (χ2n) is 8.40. The molecule has 0 N–H and O–H groups in total. The van der Waals surface area contributed by atoms with Crippen LogP contribution in [-0.4, -0.2) is 29.7 Å². The van der Waals surface area contributed by atoms with Gasteiger partial charge in [-0.15, -0.1) is 0 Å². The van der Waals surface area contributed by atoms with E-state index in [2.05, 4.69) is 37.8 Å². The molecule has 1 saturated heterocycles. The van der Waals surface area contributed by atoms with E-state index in [-0.39, 0.29) is 17.6 Å². The molecule has 1 atom stereocenters. The fourth-order valence-electron chi connectivity index (χ4n) is 5.02. The van der Waals surface area contributed by atoms with Crippen LogP contribution in [0.25, 0.3) is 6.08 Å². The highest BCUT2D eigenvalue weighted by Crippen LogP contribution is 2.33. The Balaban J connectivity index is 1.43. The van der Waals surface area contributed by atoms with Crippen molar-refractivity contribution in [1.82, 2.24) is 4.90 Å². The van der Waals surface area contributed by atoms with Crippen LogP contribution in [0.2, 0.25) is 0 Å². The summed E-state index contributed by atoms with van der Waals surface area (Å²) in [4.78, 5) is 28.1. The van der Waals surface area contributed by atoms with Crippen molar-refractivity contribution in [3.63, 3.8) is 0 Å². The first-order valence-electron chi connectivity index (χ1n) is 10.7. The molecular formula is C26H29NO2. The van der Waals surface area contributed by atoms with Crippen LogP contribution in [0, 0.1) is 12.8 Å². The number of Topliss-reactive ketones (excluding diaryl/α,β-unsaturated/α-hetero) is 1. The quantitative estimate of drug-likeness (QED) is 0.681. The summed E-state index contributed by atoms with van der Waals surface area (Å²) in [6.07, 6.45) is 5.63. The van der Waals surface area contributed by atoms with Crippen molar-refractivity contribution in [3.05, 3.63) is 76.9 Å². The summed E-state index contributed by atoms with van der Waals surface area (Å²) in [6.45, 7) is 7.61. The van der Waals surface area contributed by atoms with Gasteiger partial charge in [0.25, 0.3) is 0 Å². The Bertz CT molecular complexity index is 937. The molecule has 1 unspecified atom stereocenters. The monoisotopic (exact) mass is 387 g/mol. The van der Waals surface area contributed by atoms with Crippen LogP contribution >= 0.6 is 0 Å². The van der Waals surface area contributed by atoms with Gasteiger partial charge in [-0.05, 0) is 60.8 Å². The molecular weight excluding hydrogens is 358 g/mol. The molecule has 1 heterocycles. The first kappa shape index (κ1) is 19.6. The predicted molar refractivity (Wildman–Crippen MR) is 117 cm³/mol. The second kappa shape index (κ2) is 8.36. The molecule has 0 spiro atoms. The lowest BCUT2D eigenvalue weighted by molar-refractivity contribution is -0.136. The molecule has 1 fully saturated rings. The summed E-state index contributed by atoms with van der Waals surface area (Å²) in [6, 6.07) is 14.4. The van der Waals surface area contributed by atoms with Crippen molar-refractivity contribution < 1.29 is 9.59 Å². The van der Waals surface area contributed by atoms with Crippen molar-refractivity contribution in [2.75, 3.05) is 13.1 Å². The van der Waals surface area contributed by atoms with E-state index in [0.29, 0.717) is 12.3 Å². The van der Waals surface area contributed by atoms with E-state index < -0.39 is 0 Å². The minimum Gasteiger partial charge on any atom is -0.342 e. The maximum Gasteiger partial charge on any atom is 0.226 e. The van der Waals surface area contributed by atoms with E-state index in [1.54, 1.807) is 0 Å². The summed E-state index contributed by atoms with van der Waals surface area (Å²) < 4.78 is 0. The van der Waals surface area contributed by atoms with Gasteiger partial charge < -0.3 is 4.90 Å². The molecule has 2 aromatic carbocycles. The summed E-state index contributed by atoms with van der Waals surface area (Å²) in [7, 11) is 0. The van der Waals surface area contributed by atoms with Crippen molar-refractivity contribution in [3.8, 4) is 0 Å². The molecule has 2 aromatic rings. The van der Waals surface area contributed by atoms with Crippen molar-refractivity contribution in [2.45, 2.75) is 44.9 Å². The average Bonchev–Trinajstić information content (AvgIpc) is 2.93. The first-order valence-corrected chi connectivity index (χ1v) is 10.7. The molecule has 0 saturated carbocycles. The van der Waals surface area contributed by atoms with Crippen molar-refractivity contribution >= 4 is 17.8 Å². The van der Waals surface area contributed by atoms with Gasteiger partial charge in [0, 0.05) is 31.0 Å². The fourth-order valence-corrected chi connectivity index (χ4v) is 5.02. The van der Waals surface area contributed by atoms with Gasteiger partial charge >= 0.3 is 0 Å². The van der Waals surface area contributed by atoms with Gasteiger partial charge in [-0.2, -0.15) is 0 Å². The highest BCUT2D eigenvalue weighted by molar-refractivity contribution is 6.01. The molecule has 1 aliphatic heterocycles. The fraction of sp³-hybridized carbons (Fsp3) is 0.385. The molecule has 0 radical (unpaired) electrons. The lowest BCUT2D eigenvalue weighted by atomic mass is 9.86. The van der Waals surface area contributed by atoms with E-state index in [4.69, 9.17) is 0 Å². The molecule has 2 aliphatic rings. The summed E-state index contributed by atoms with van der Waals surface area (Å²) >= 11 is 0. The largest absolute Gasteiger partial charge is 0.342 e. The standard InChI is InChI=1S/C26H29NO2/c1-3-19-8-6-10-24-23(19)12-11-21(17-25(24)28)26(29)27-15-13-20(14-16-27)22-9-5-4-7-18(22)2/h3-10,20-21H,1,11-17H2,2H3. The maximum absolute atomic E-state index is 13.2. The molecule has 0 aromatic heterocycles. The Morgan fingerprint density at radius 1 is 1.07 bits per heavy atom. The van der Waals surface area contributed by atoms with Gasteiger partial charge in [0.15, 0.2) is 5.78 Å². The van der Waals surface area contributed by atoms with E-state index in [0.717, 1.165) is 55.5 Å². The number of hydrogen-bond donors (Lipinski definition) is 0. The third kappa shape index (κ3) is 3.91. The van der Waals surface area contributed by atoms with Crippen LogP contribution in [0.3, 0.4) is 0 Å². The van der Waals surface area contributed by atoms with Gasteiger partial charge in [-0.3, -0.25) is 9.59 Å². The van der Waals surface area contributed by atoms with Gasteiger partial charge in [0.1, 0.15) is 0 Å².